The summed E-state index contributed by atoms with van der Waals surface area (Å²) in [5, 5.41) is 14.7. The molecule has 1 atom stereocenters. The van der Waals surface area contributed by atoms with Gasteiger partial charge in [-0.15, -0.1) is 0 Å². The van der Waals surface area contributed by atoms with Gasteiger partial charge in [-0.2, -0.15) is 0 Å². The van der Waals surface area contributed by atoms with Gasteiger partial charge >= 0.3 is 5.97 Å². The van der Waals surface area contributed by atoms with Crippen LogP contribution in [-0.4, -0.2) is 32.7 Å². The monoisotopic (exact) mass is 496 g/mol. The Morgan fingerprint density at radius 2 is 1.54 bits per heavy atom. The fourth-order valence-corrected chi connectivity index (χ4v) is 3.88. The summed E-state index contributed by atoms with van der Waals surface area (Å²) in [6.45, 7) is 6.68. The number of nitrogens with one attached hydrogen (secondary N) is 1. The van der Waals surface area contributed by atoms with Crippen LogP contribution in [0.15, 0.2) is 97.3 Å². The fourth-order valence-electron chi connectivity index (χ4n) is 3.88. The Bertz CT molecular complexity index is 1290. The maximum Gasteiger partial charge on any atom is 0.326 e. The zero-order chi connectivity index (χ0) is 26.3. The molecule has 3 aromatic carbocycles. The predicted molar refractivity (Wildman–Crippen MR) is 146 cm³/mol. The highest BCUT2D eigenvalue weighted by atomic mass is 16.7. The van der Waals surface area contributed by atoms with Gasteiger partial charge in [-0.25, -0.2) is 19.8 Å². The van der Waals surface area contributed by atoms with Crippen molar-refractivity contribution in [1.82, 2.24) is 9.97 Å². The van der Waals surface area contributed by atoms with Crippen molar-refractivity contribution in [2.24, 2.45) is 0 Å². The molecule has 0 radical (unpaired) electrons. The molecule has 0 fully saturated rings. The molecule has 7 heteroatoms. The lowest BCUT2D eigenvalue weighted by atomic mass is 10.1. The molecule has 0 saturated carbocycles. The van der Waals surface area contributed by atoms with Crippen LogP contribution in [0.5, 0.6) is 0 Å². The molecule has 7 nitrogen and oxygen atoms in total. The highest BCUT2D eigenvalue weighted by molar-refractivity contribution is 5.77. The second-order valence-electron chi connectivity index (χ2n) is 9.79. The summed E-state index contributed by atoms with van der Waals surface area (Å²) >= 11 is 0. The molecule has 0 amide bonds. The van der Waals surface area contributed by atoms with E-state index in [4.69, 9.17) is 4.84 Å². The van der Waals surface area contributed by atoms with Gasteiger partial charge in [0, 0.05) is 18.1 Å². The molecular formula is C30H32N4O3. The van der Waals surface area contributed by atoms with Crippen molar-refractivity contribution in [3.05, 3.63) is 108 Å². The molecule has 37 heavy (non-hydrogen) atoms. The van der Waals surface area contributed by atoms with Crippen molar-refractivity contribution >= 4 is 17.5 Å². The van der Waals surface area contributed by atoms with Crippen molar-refractivity contribution < 1.29 is 14.7 Å². The van der Waals surface area contributed by atoms with E-state index in [1.54, 1.807) is 6.07 Å². The van der Waals surface area contributed by atoms with Crippen molar-refractivity contribution in [1.29, 1.82) is 0 Å². The number of nitrogens with zero attached hydrogens (tertiary/aromatic N) is 3. The summed E-state index contributed by atoms with van der Waals surface area (Å²) in [6, 6.07) is 28.6. The lowest BCUT2D eigenvalue weighted by molar-refractivity contribution is -0.137. The minimum atomic E-state index is -0.939. The van der Waals surface area contributed by atoms with E-state index in [1.807, 2.05) is 98.6 Å². The van der Waals surface area contributed by atoms with Gasteiger partial charge < -0.3 is 10.4 Å². The molecule has 0 unspecified atom stereocenters. The number of hydrogen-bond donors (Lipinski definition) is 2. The molecule has 0 bridgehead atoms. The maximum atomic E-state index is 11.9. The number of carbonyl (C=O) groups is 1. The lowest BCUT2D eigenvalue weighted by Crippen LogP contribution is -2.33. The van der Waals surface area contributed by atoms with E-state index in [9.17, 15) is 9.90 Å². The third kappa shape index (κ3) is 7.62. The number of benzene rings is 3. The standard InChI is InChI=1S/C30H32N4O3/c1-30(2,3)37-34(20-23-12-8-5-9-13-23)25-16-14-24(15-17-25)26-19-28(32-21-31-26)33-27(29(35)36)18-22-10-6-4-7-11-22/h4-17,19,21,27H,18,20H2,1-3H3,(H,35,36)(H,31,32,33)/t27-/m0/s1. The normalized spacial score (nSPS) is 12.1. The molecule has 0 aliphatic heterocycles. The van der Waals surface area contributed by atoms with E-state index < -0.39 is 12.0 Å². The summed E-state index contributed by atoms with van der Waals surface area (Å²) in [5.74, 6) is -0.482. The zero-order valence-electron chi connectivity index (χ0n) is 21.3. The fraction of sp³-hybridized carbons (Fsp3) is 0.233. The van der Waals surface area contributed by atoms with Crippen LogP contribution in [0.2, 0.25) is 0 Å². The molecule has 0 spiro atoms. The largest absolute Gasteiger partial charge is 0.480 e. The van der Waals surface area contributed by atoms with Crippen LogP contribution in [0, 0.1) is 0 Å². The first kappa shape index (κ1) is 25.9. The third-order valence-corrected chi connectivity index (χ3v) is 5.57. The van der Waals surface area contributed by atoms with E-state index in [0.29, 0.717) is 24.5 Å². The second-order valence-corrected chi connectivity index (χ2v) is 9.79. The molecule has 4 rings (SSSR count). The number of rotatable bonds is 10. The molecule has 0 aliphatic carbocycles. The van der Waals surface area contributed by atoms with Crippen molar-refractivity contribution in [3.8, 4) is 11.3 Å². The summed E-state index contributed by atoms with van der Waals surface area (Å²) in [7, 11) is 0. The predicted octanol–water partition coefficient (Wildman–Crippen LogP) is 5.99. The Labute approximate surface area is 217 Å². The van der Waals surface area contributed by atoms with Crippen LogP contribution in [-0.2, 0) is 22.6 Å². The van der Waals surface area contributed by atoms with Crippen LogP contribution in [0.1, 0.15) is 31.9 Å². The van der Waals surface area contributed by atoms with Crippen molar-refractivity contribution in [3.63, 3.8) is 0 Å². The number of carboxylic acids is 1. The van der Waals surface area contributed by atoms with Gasteiger partial charge in [0.15, 0.2) is 0 Å². The number of carboxylic acid groups (broad SMARTS) is 1. The SMILES string of the molecule is CC(C)(C)ON(Cc1ccccc1)c1ccc(-c2cc(N[C@@H](Cc3ccccc3)C(=O)O)ncn2)cc1. The van der Waals surface area contributed by atoms with Gasteiger partial charge in [0.05, 0.1) is 23.5 Å². The second kappa shape index (κ2) is 11.7. The van der Waals surface area contributed by atoms with Crippen LogP contribution < -0.4 is 10.4 Å². The topological polar surface area (TPSA) is 87.6 Å². The smallest absolute Gasteiger partial charge is 0.326 e. The van der Waals surface area contributed by atoms with E-state index in [-0.39, 0.29) is 5.60 Å². The summed E-state index contributed by atoms with van der Waals surface area (Å²) in [5.41, 5.74) is 4.22. The first-order valence-electron chi connectivity index (χ1n) is 12.2. The summed E-state index contributed by atoms with van der Waals surface area (Å²) < 4.78 is 0. The molecule has 190 valence electrons. The quantitative estimate of drug-likeness (QED) is 0.261. The number of hydrogen-bond acceptors (Lipinski definition) is 6. The van der Waals surface area contributed by atoms with E-state index in [1.165, 1.54) is 6.33 Å². The number of aliphatic carboxylic acids is 1. The zero-order valence-corrected chi connectivity index (χ0v) is 21.3. The highest BCUT2D eigenvalue weighted by Gasteiger charge is 2.20. The Hall–Kier alpha value is -4.23. The van der Waals surface area contributed by atoms with Crippen LogP contribution >= 0.6 is 0 Å². The highest BCUT2D eigenvalue weighted by Crippen LogP contribution is 2.26. The van der Waals surface area contributed by atoms with Crippen LogP contribution in [0.25, 0.3) is 11.3 Å². The molecule has 4 aromatic rings. The van der Waals surface area contributed by atoms with Crippen LogP contribution in [0.4, 0.5) is 11.5 Å². The lowest BCUT2D eigenvalue weighted by Gasteiger charge is -2.31. The van der Waals surface area contributed by atoms with E-state index in [2.05, 4.69) is 27.4 Å². The van der Waals surface area contributed by atoms with E-state index >= 15 is 0 Å². The number of hydroxylamine groups is 1. The van der Waals surface area contributed by atoms with Gasteiger partial charge in [-0.05, 0) is 44.0 Å². The van der Waals surface area contributed by atoms with Gasteiger partial charge in [0.25, 0.3) is 0 Å². The minimum Gasteiger partial charge on any atom is -0.480 e. The average Bonchev–Trinajstić information content (AvgIpc) is 2.89. The van der Waals surface area contributed by atoms with Crippen molar-refractivity contribution in [2.75, 3.05) is 10.4 Å². The summed E-state index contributed by atoms with van der Waals surface area (Å²) in [6.07, 6.45) is 1.78. The average molecular weight is 497 g/mol. The Kier molecular flexibility index (Phi) is 8.15. The Morgan fingerprint density at radius 3 is 2.14 bits per heavy atom. The Morgan fingerprint density at radius 1 is 0.919 bits per heavy atom. The maximum absolute atomic E-state index is 11.9. The number of anilines is 2. The van der Waals surface area contributed by atoms with Crippen molar-refractivity contribution in [2.45, 2.75) is 45.4 Å². The molecule has 1 heterocycles. The first-order chi connectivity index (χ1) is 17.8. The van der Waals surface area contributed by atoms with Gasteiger partial charge in [-0.3, -0.25) is 4.84 Å². The molecule has 1 aromatic heterocycles. The molecular weight excluding hydrogens is 464 g/mol. The van der Waals surface area contributed by atoms with E-state index in [0.717, 1.165) is 22.4 Å². The minimum absolute atomic E-state index is 0.342. The third-order valence-electron chi connectivity index (χ3n) is 5.57. The Balaban J connectivity index is 1.51. The number of aromatic nitrogens is 2. The van der Waals surface area contributed by atoms with Gasteiger partial charge in [-0.1, -0.05) is 72.8 Å². The molecule has 0 saturated heterocycles. The summed E-state index contributed by atoms with van der Waals surface area (Å²) in [4.78, 5) is 26.8. The molecule has 0 aliphatic rings. The van der Waals surface area contributed by atoms with Crippen LogP contribution in [0.3, 0.4) is 0 Å². The first-order valence-corrected chi connectivity index (χ1v) is 12.2. The molecule has 2 N–H and O–H groups in total. The van der Waals surface area contributed by atoms with Gasteiger partial charge in [0.1, 0.15) is 18.2 Å². The van der Waals surface area contributed by atoms with Gasteiger partial charge in [0.2, 0.25) is 0 Å².